The average Bonchev–Trinajstić information content (AvgIpc) is 2.28. The molecule has 2 heteroatoms. The van der Waals surface area contributed by atoms with Crippen molar-refractivity contribution < 1.29 is 5.11 Å². The van der Waals surface area contributed by atoms with Gasteiger partial charge in [-0.1, -0.05) is 31.5 Å². The monoisotopic (exact) mass is 221 g/mol. The molecular formula is C14H23NO. The van der Waals surface area contributed by atoms with Gasteiger partial charge in [0.2, 0.25) is 0 Å². The number of benzene rings is 1. The summed E-state index contributed by atoms with van der Waals surface area (Å²) in [5, 5.41) is 13.2. The third-order valence-electron chi connectivity index (χ3n) is 2.96. The number of aliphatic hydroxyl groups is 1. The van der Waals surface area contributed by atoms with Gasteiger partial charge in [-0.25, -0.2) is 0 Å². The zero-order chi connectivity index (χ0) is 12.0. The van der Waals surface area contributed by atoms with Crippen LogP contribution >= 0.6 is 0 Å². The van der Waals surface area contributed by atoms with Crippen molar-refractivity contribution in [3.05, 3.63) is 34.9 Å². The van der Waals surface area contributed by atoms with E-state index in [1.165, 1.54) is 24.0 Å². The minimum atomic E-state index is -0.392. The van der Waals surface area contributed by atoms with Crippen LogP contribution in [0.5, 0.6) is 0 Å². The van der Waals surface area contributed by atoms with E-state index in [-0.39, 0.29) is 0 Å². The van der Waals surface area contributed by atoms with Crippen LogP contribution in [-0.2, 0) is 0 Å². The summed E-state index contributed by atoms with van der Waals surface area (Å²) in [7, 11) is 0. The highest BCUT2D eigenvalue weighted by Gasteiger charge is 2.07. The van der Waals surface area contributed by atoms with Crippen molar-refractivity contribution in [1.82, 2.24) is 5.32 Å². The molecule has 16 heavy (non-hydrogen) atoms. The molecule has 0 bridgehead atoms. The molecule has 2 nitrogen and oxygen atoms in total. The van der Waals surface area contributed by atoms with Gasteiger partial charge in [0.15, 0.2) is 0 Å². The molecule has 0 fully saturated rings. The fourth-order valence-electron chi connectivity index (χ4n) is 1.63. The zero-order valence-corrected chi connectivity index (χ0v) is 10.6. The van der Waals surface area contributed by atoms with Gasteiger partial charge in [-0.3, -0.25) is 0 Å². The first-order chi connectivity index (χ1) is 7.65. The van der Waals surface area contributed by atoms with Crippen LogP contribution in [0.3, 0.4) is 0 Å². The molecule has 0 amide bonds. The van der Waals surface area contributed by atoms with Crippen molar-refractivity contribution in [2.24, 2.45) is 0 Å². The smallest absolute Gasteiger partial charge is 0.0914 e. The maximum atomic E-state index is 9.97. The molecule has 1 aromatic rings. The van der Waals surface area contributed by atoms with Crippen LogP contribution in [0.2, 0.25) is 0 Å². The van der Waals surface area contributed by atoms with Crippen LogP contribution in [0.25, 0.3) is 0 Å². The van der Waals surface area contributed by atoms with E-state index in [9.17, 15) is 5.11 Å². The second-order valence-electron chi connectivity index (χ2n) is 4.42. The Morgan fingerprint density at radius 1 is 1.25 bits per heavy atom. The van der Waals surface area contributed by atoms with Crippen LogP contribution in [0, 0.1) is 13.8 Å². The van der Waals surface area contributed by atoms with Gasteiger partial charge in [0.1, 0.15) is 0 Å². The molecule has 2 N–H and O–H groups in total. The first-order valence-electron chi connectivity index (χ1n) is 6.11. The number of aryl methyl sites for hydroxylation is 2. The van der Waals surface area contributed by atoms with Crippen molar-refractivity contribution in [2.45, 2.75) is 39.7 Å². The van der Waals surface area contributed by atoms with Crippen LogP contribution in [-0.4, -0.2) is 18.2 Å². The fraction of sp³-hybridized carbons (Fsp3) is 0.571. The summed E-state index contributed by atoms with van der Waals surface area (Å²) in [5.74, 6) is 0. The molecule has 1 rings (SSSR count). The van der Waals surface area contributed by atoms with Gasteiger partial charge in [-0.15, -0.1) is 0 Å². The molecular weight excluding hydrogens is 198 g/mol. The summed E-state index contributed by atoms with van der Waals surface area (Å²) >= 11 is 0. The van der Waals surface area contributed by atoms with Crippen LogP contribution < -0.4 is 5.32 Å². The predicted octanol–water partition coefficient (Wildman–Crippen LogP) is 2.73. The highest BCUT2D eigenvalue weighted by Crippen LogP contribution is 2.16. The minimum Gasteiger partial charge on any atom is -0.387 e. The SMILES string of the molecule is CCCCNCC(O)c1ccc(C)c(C)c1. The lowest BCUT2D eigenvalue weighted by Gasteiger charge is -2.13. The molecule has 90 valence electrons. The van der Waals surface area contributed by atoms with Crippen molar-refractivity contribution >= 4 is 0 Å². The Bertz CT molecular complexity index is 323. The lowest BCUT2D eigenvalue weighted by molar-refractivity contribution is 0.174. The summed E-state index contributed by atoms with van der Waals surface area (Å²) in [4.78, 5) is 0. The van der Waals surface area contributed by atoms with Crippen molar-refractivity contribution in [3.8, 4) is 0 Å². The summed E-state index contributed by atoms with van der Waals surface area (Å²) in [5.41, 5.74) is 3.52. The maximum Gasteiger partial charge on any atom is 0.0914 e. The van der Waals surface area contributed by atoms with Gasteiger partial charge in [-0.2, -0.15) is 0 Å². The molecule has 1 atom stereocenters. The Morgan fingerprint density at radius 3 is 2.62 bits per heavy atom. The van der Waals surface area contributed by atoms with Gasteiger partial charge in [0.25, 0.3) is 0 Å². The van der Waals surface area contributed by atoms with Crippen LogP contribution in [0.15, 0.2) is 18.2 Å². The number of nitrogens with one attached hydrogen (secondary N) is 1. The lowest BCUT2D eigenvalue weighted by atomic mass is 10.0. The Balaban J connectivity index is 2.46. The number of unbranched alkanes of at least 4 members (excludes halogenated alkanes) is 1. The second-order valence-corrected chi connectivity index (χ2v) is 4.42. The third-order valence-corrected chi connectivity index (χ3v) is 2.96. The number of aliphatic hydroxyl groups excluding tert-OH is 1. The second kappa shape index (κ2) is 6.66. The predicted molar refractivity (Wildman–Crippen MR) is 68.7 cm³/mol. The first-order valence-corrected chi connectivity index (χ1v) is 6.11. The molecule has 0 radical (unpaired) electrons. The molecule has 0 aliphatic rings. The standard InChI is InChI=1S/C14H23NO/c1-4-5-8-15-10-14(16)13-7-6-11(2)12(3)9-13/h6-7,9,14-16H,4-5,8,10H2,1-3H3. The van der Waals surface area contributed by atoms with Crippen molar-refractivity contribution in [2.75, 3.05) is 13.1 Å². The summed E-state index contributed by atoms with van der Waals surface area (Å²) in [6.45, 7) is 7.96. The topological polar surface area (TPSA) is 32.3 Å². The molecule has 0 saturated carbocycles. The first kappa shape index (κ1) is 13.2. The molecule has 0 saturated heterocycles. The van der Waals surface area contributed by atoms with Crippen molar-refractivity contribution in [3.63, 3.8) is 0 Å². The van der Waals surface area contributed by atoms with E-state index < -0.39 is 6.10 Å². The summed E-state index contributed by atoms with van der Waals surface area (Å²) in [6, 6.07) is 6.15. The van der Waals surface area contributed by atoms with E-state index >= 15 is 0 Å². The molecule has 1 unspecified atom stereocenters. The zero-order valence-electron chi connectivity index (χ0n) is 10.6. The van der Waals surface area contributed by atoms with E-state index in [1.54, 1.807) is 0 Å². The van der Waals surface area contributed by atoms with Crippen LogP contribution in [0.4, 0.5) is 0 Å². The van der Waals surface area contributed by atoms with E-state index in [1.807, 2.05) is 6.07 Å². The Hall–Kier alpha value is -0.860. The molecule has 0 aliphatic heterocycles. The Morgan fingerprint density at radius 2 is 2.00 bits per heavy atom. The third kappa shape index (κ3) is 3.95. The van der Waals surface area contributed by atoms with Crippen molar-refractivity contribution in [1.29, 1.82) is 0 Å². The average molecular weight is 221 g/mol. The number of rotatable bonds is 6. The summed E-state index contributed by atoms with van der Waals surface area (Å²) in [6.07, 6.45) is 1.96. The summed E-state index contributed by atoms with van der Waals surface area (Å²) < 4.78 is 0. The minimum absolute atomic E-state index is 0.392. The molecule has 1 aromatic carbocycles. The number of hydrogen-bond donors (Lipinski definition) is 2. The van der Waals surface area contributed by atoms with Gasteiger partial charge >= 0.3 is 0 Å². The maximum absolute atomic E-state index is 9.97. The largest absolute Gasteiger partial charge is 0.387 e. The van der Waals surface area contributed by atoms with Gasteiger partial charge < -0.3 is 10.4 Å². The van der Waals surface area contributed by atoms with E-state index in [0.29, 0.717) is 6.54 Å². The Labute approximate surface area is 98.7 Å². The van der Waals surface area contributed by atoms with E-state index in [2.05, 4.69) is 38.2 Å². The Kier molecular flexibility index (Phi) is 5.50. The molecule has 0 heterocycles. The van der Waals surface area contributed by atoms with Gasteiger partial charge in [-0.05, 0) is 43.5 Å². The van der Waals surface area contributed by atoms with Gasteiger partial charge in [0, 0.05) is 6.54 Å². The van der Waals surface area contributed by atoms with Gasteiger partial charge in [0.05, 0.1) is 6.10 Å². The van der Waals surface area contributed by atoms with E-state index in [4.69, 9.17) is 0 Å². The highest BCUT2D eigenvalue weighted by atomic mass is 16.3. The van der Waals surface area contributed by atoms with E-state index in [0.717, 1.165) is 12.1 Å². The fourth-order valence-corrected chi connectivity index (χ4v) is 1.63. The van der Waals surface area contributed by atoms with Crippen LogP contribution in [0.1, 0.15) is 42.6 Å². The molecule has 0 spiro atoms. The number of hydrogen-bond acceptors (Lipinski definition) is 2. The molecule has 0 aromatic heterocycles. The lowest BCUT2D eigenvalue weighted by Crippen LogP contribution is -2.22. The normalized spacial score (nSPS) is 12.8. The quantitative estimate of drug-likeness (QED) is 0.724. The highest BCUT2D eigenvalue weighted by molar-refractivity contribution is 5.31. The molecule has 0 aliphatic carbocycles.